The summed E-state index contributed by atoms with van der Waals surface area (Å²) in [5.74, 6) is -0.881. The van der Waals surface area contributed by atoms with Crippen LogP contribution in [0.3, 0.4) is 0 Å². The highest BCUT2D eigenvalue weighted by atomic mass is 31.2. The van der Waals surface area contributed by atoms with E-state index in [9.17, 15) is 19.0 Å². The maximum atomic E-state index is 12.5. The molecule has 0 bridgehead atoms. The molecule has 0 aromatic carbocycles. The molecule has 1 unspecified atom stereocenters. The molecule has 0 aliphatic carbocycles. The molecule has 9 nitrogen and oxygen atoms in total. The minimum absolute atomic E-state index is 0.0456. The molecule has 0 aliphatic heterocycles. The summed E-state index contributed by atoms with van der Waals surface area (Å²) in [5.41, 5.74) is 5.32. The van der Waals surface area contributed by atoms with Gasteiger partial charge in [-0.1, -0.05) is 133 Å². The number of phosphoric acid groups is 1. The first-order valence-corrected chi connectivity index (χ1v) is 20.1. The quantitative estimate of drug-likeness (QED) is 0.0291. The number of ether oxygens (including phenoxy) is 2. The zero-order valence-electron chi connectivity index (χ0n) is 30.2. The van der Waals surface area contributed by atoms with Gasteiger partial charge in [-0.3, -0.25) is 18.6 Å². The van der Waals surface area contributed by atoms with Gasteiger partial charge >= 0.3 is 19.8 Å². The molecule has 0 saturated heterocycles. The second kappa shape index (κ2) is 34.8. The summed E-state index contributed by atoms with van der Waals surface area (Å²) in [4.78, 5) is 34.6. The number of allylic oxidation sites excluding steroid dienone is 8. The fraction of sp³-hybridized carbons (Fsp3) is 0.737. The Bertz CT molecular complexity index is 934. The summed E-state index contributed by atoms with van der Waals surface area (Å²) < 4.78 is 32.6. The summed E-state index contributed by atoms with van der Waals surface area (Å²) in [5, 5.41) is 0. The number of carbonyl (C=O) groups is 2. The first-order chi connectivity index (χ1) is 23.3. The summed E-state index contributed by atoms with van der Waals surface area (Å²) >= 11 is 0. The number of rotatable bonds is 34. The van der Waals surface area contributed by atoms with Gasteiger partial charge in [-0.15, -0.1) is 0 Å². The average molecular weight is 698 g/mol. The van der Waals surface area contributed by atoms with Crippen LogP contribution in [-0.2, 0) is 32.7 Å². The van der Waals surface area contributed by atoms with E-state index in [0.717, 1.165) is 57.8 Å². The van der Waals surface area contributed by atoms with E-state index in [1.807, 2.05) is 0 Å². The van der Waals surface area contributed by atoms with Crippen molar-refractivity contribution in [3.63, 3.8) is 0 Å². The zero-order chi connectivity index (χ0) is 35.4. The number of nitrogens with two attached hydrogens (primary N) is 1. The Labute approximate surface area is 292 Å². The molecule has 0 amide bonds. The first-order valence-electron chi connectivity index (χ1n) is 18.6. The van der Waals surface area contributed by atoms with Gasteiger partial charge in [0.1, 0.15) is 6.61 Å². The molecule has 2 atom stereocenters. The highest BCUT2D eigenvalue weighted by Gasteiger charge is 2.25. The molecule has 0 aromatic rings. The number of unbranched alkanes of at least 4 members (excludes halogenated alkanes) is 13. The molecule has 0 saturated carbocycles. The highest BCUT2D eigenvalue weighted by Crippen LogP contribution is 2.43. The Hall–Kier alpha value is -2.03. The summed E-state index contributed by atoms with van der Waals surface area (Å²) in [6.45, 7) is 3.54. The van der Waals surface area contributed by atoms with E-state index in [2.05, 4.69) is 62.5 Å². The Morgan fingerprint density at radius 3 is 1.71 bits per heavy atom. The van der Waals surface area contributed by atoms with Gasteiger partial charge in [0.2, 0.25) is 0 Å². The van der Waals surface area contributed by atoms with Crippen LogP contribution in [0.5, 0.6) is 0 Å². The van der Waals surface area contributed by atoms with Gasteiger partial charge in [-0.05, 0) is 51.4 Å². The van der Waals surface area contributed by atoms with Crippen LogP contribution in [0.25, 0.3) is 0 Å². The van der Waals surface area contributed by atoms with E-state index >= 15 is 0 Å². The number of hydrogen-bond acceptors (Lipinski definition) is 8. The van der Waals surface area contributed by atoms with Crippen molar-refractivity contribution in [3.8, 4) is 0 Å². The highest BCUT2D eigenvalue weighted by molar-refractivity contribution is 7.47. The molecule has 3 N–H and O–H groups in total. The second-order valence-electron chi connectivity index (χ2n) is 12.1. The van der Waals surface area contributed by atoms with Crippen LogP contribution in [0.15, 0.2) is 48.6 Å². The summed E-state index contributed by atoms with van der Waals surface area (Å²) in [6, 6.07) is 0. The zero-order valence-corrected chi connectivity index (χ0v) is 31.1. The van der Waals surface area contributed by atoms with Crippen molar-refractivity contribution in [2.75, 3.05) is 26.4 Å². The minimum Gasteiger partial charge on any atom is -0.462 e. The molecule has 0 heterocycles. The predicted octanol–water partition coefficient (Wildman–Crippen LogP) is 9.99. The van der Waals surface area contributed by atoms with Crippen molar-refractivity contribution < 1.29 is 37.6 Å². The molecule has 0 fully saturated rings. The Kier molecular flexibility index (Phi) is 33.3. The van der Waals surface area contributed by atoms with E-state index < -0.39 is 32.5 Å². The van der Waals surface area contributed by atoms with E-state index in [0.29, 0.717) is 6.42 Å². The fourth-order valence-electron chi connectivity index (χ4n) is 4.74. The first kappa shape index (κ1) is 46.0. The van der Waals surface area contributed by atoms with Crippen LogP contribution in [0.1, 0.15) is 149 Å². The lowest BCUT2D eigenvalue weighted by Crippen LogP contribution is -2.29. The summed E-state index contributed by atoms with van der Waals surface area (Å²) in [7, 11) is -4.38. The largest absolute Gasteiger partial charge is 0.472 e. The van der Waals surface area contributed by atoms with Crippen molar-refractivity contribution >= 4 is 19.8 Å². The van der Waals surface area contributed by atoms with Crippen molar-refractivity contribution in [3.05, 3.63) is 48.6 Å². The number of carbonyl (C=O) groups excluding carboxylic acids is 2. The van der Waals surface area contributed by atoms with Gasteiger partial charge in [0.15, 0.2) is 6.10 Å². The fourth-order valence-corrected chi connectivity index (χ4v) is 5.51. The molecule has 278 valence electrons. The summed E-state index contributed by atoms with van der Waals surface area (Å²) in [6.07, 6.45) is 37.2. The molecule has 0 spiro atoms. The molecule has 48 heavy (non-hydrogen) atoms. The lowest BCUT2D eigenvalue weighted by molar-refractivity contribution is -0.161. The van der Waals surface area contributed by atoms with E-state index in [1.54, 1.807) is 0 Å². The van der Waals surface area contributed by atoms with Crippen LogP contribution in [0, 0.1) is 0 Å². The van der Waals surface area contributed by atoms with Gasteiger partial charge in [-0.2, -0.15) is 0 Å². The SMILES string of the molecule is CCC=CCC=CCC=CCC=CCCCCC(=O)O[C@H](COC(=O)CCCCCCCCCCCCCC)COP(=O)(O)OCCN. The normalized spacial score (nSPS) is 14.0. The van der Waals surface area contributed by atoms with Crippen molar-refractivity contribution in [2.24, 2.45) is 5.73 Å². The van der Waals surface area contributed by atoms with Crippen LogP contribution in [0.2, 0.25) is 0 Å². The van der Waals surface area contributed by atoms with Crippen LogP contribution in [-0.4, -0.2) is 49.3 Å². The predicted molar refractivity (Wildman–Crippen MR) is 196 cm³/mol. The van der Waals surface area contributed by atoms with Crippen LogP contribution >= 0.6 is 7.82 Å². The monoisotopic (exact) mass is 697 g/mol. The van der Waals surface area contributed by atoms with Crippen molar-refractivity contribution in [1.82, 2.24) is 0 Å². The number of esters is 2. The average Bonchev–Trinajstić information content (AvgIpc) is 3.07. The molecule has 0 radical (unpaired) electrons. The standard InChI is InChI=1S/C38H68NO8P/c1-3-5-7-9-11-13-15-17-18-19-21-23-25-27-29-31-38(41)47-36(35-46-48(42,43)45-33-32-39)34-44-37(40)30-28-26-24-22-20-16-14-12-10-8-6-4-2/h5,7,11,13,17-18,21,23,36H,3-4,6,8-10,12,14-16,19-20,22,24-35,39H2,1-2H3,(H,42,43)/t36-/m1/s1. The maximum absolute atomic E-state index is 12.5. The van der Waals surface area contributed by atoms with Gasteiger partial charge < -0.3 is 20.1 Å². The molecule has 0 aromatic heterocycles. The van der Waals surface area contributed by atoms with E-state index in [1.165, 1.54) is 57.8 Å². The maximum Gasteiger partial charge on any atom is 0.472 e. The lowest BCUT2D eigenvalue weighted by atomic mass is 10.0. The van der Waals surface area contributed by atoms with Gasteiger partial charge in [0, 0.05) is 19.4 Å². The Balaban J connectivity index is 4.32. The number of hydrogen-bond donors (Lipinski definition) is 2. The minimum atomic E-state index is -4.38. The topological polar surface area (TPSA) is 134 Å². The van der Waals surface area contributed by atoms with Gasteiger partial charge in [0.05, 0.1) is 13.2 Å². The molecule has 10 heteroatoms. The van der Waals surface area contributed by atoms with Gasteiger partial charge in [0.25, 0.3) is 0 Å². The van der Waals surface area contributed by atoms with Crippen LogP contribution in [0.4, 0.5) is 0 Å². The molecular formula is C38H68NO8P. The molecule has 0 aliphatic rings. The third kappa shape index (κ3) is 33.9. The molecule has 0 rings (SSSR count). The van der Waals surface area contributed by atoms with Crippen LogP contribution < -0.4 is 5.73 Å². The smallest absolute Gasteiger partial charge is 0.462 e. The van der Waals surface area contributed by atoms with E-state index in [4.69, 9.17) is 24.3 Å². The van der Waals surface area contributed by atoms with Gasteiger partial charge in [-0.25, -0.2) is 4.57 Å². The number of phosphoric ester groups is 1. The third-order valence-electron chi connectivity index (χ3n) is 7.48. The Morgan fingerprint density at radius 2 is 1.15 bits per heavy atom. The molecular weight excluding hydrogens is 629 g/mol. The lowest BCUT2D eigenvalue weighted by Gasteiger charge is -2.19. The van der Waals surface area contributed by atoms with Crippen molar-refractivity contribution in [1.29, 1.82) is 0 Å². The van der Waals surface area contributed by atoms with E-state index in [-0.39, 0.29) is 32.6 Å². The Morgan fingerprint density at radius 1 is 0.646 bits per heavy atom. The third-order valence-corrected chi connectivity index (χ3v) is 8.46. The van der Waals surface area contributed by atoms with Crippen molar-refractivity contribution in [2.45, 2.75) is 155 Å². The second-order valence-corrected chi connectivity index (χ2v) is 13.5.